The van der Waals surface area contributed by atoms with Gasteiger partial charge < -0.3 is 14.2 Å². The van der Waals surface area contributed by atoms with Crippen LogP contribution >= 0.6 is 11.6 Å². The summed E-state index contributed by atoms with van der Waals surface area (Å²) in [6.07, 6.45) is 2.47. The number of nitrogens with one attached hydrogen (secondary N) is 1. The van der Waals surface area contributed by atoms with E-state index in [1.165, 1.54) is 6.21 Å². The SMILES string of the molecule is CCOc1ccc(N(CC(=O)NN=Cc2ccc(OCc3ccc(Cl)cc3)c(OCC)c2)S(C)(=O)=O)cc1. The number of carbonyl (C=O) groups is 1. The van der Waals surface area contributed by atoms with Crippen LogP contribution in [-0.2, 0) is 21.4 Å². The molecule has 0 aromatic heterocycles. The normalized spacial score (nSPS) is 11.3. The summed E-state index contributed by atoms with van der Waals surface area (Å²) in [5, 5.41) is 4.62. The molecule has 1 N–H and O–H groups in total. The topological polar surface area (TPSA) is 107 Å². The Morgan fingerprint density at radius 2 is 1.63 bits per heavy atom. The Bertz CT molecular complexity index is 1350. The molecule has 38 heavy (non-hydrogen) atoms. The van der Waals surface area contributed by atoms with E-state index in [4.69, 9.17) is 25.8 Å². The summed E-state index contributed by atoms with van der Waals surface area (Å²) in [6, 6.07) is 19.1. The Morgan fingerprint density at radius 3 is 2.26 bits per heavy atom. The Labute approximate surface area is 228 Å². The lowest BCUT2D eigenvalue weighted by Crippen LogP contribution is -2.39. The fraction of sp³-hybridized carbons (Fsp3) is 0.259. The number of anilines is 1. The summed E-state index contributed by atoms with van der Waals surface area (Å²) in [4.78, 5) is 12.5. The summed E-state index contributed by atoms with van der Waals surface area (Å²) < 4.78 is 42.6. The highest BCUT2D eigenvalue weighted by atomic mass is 35.5. The number of amides is 1. The first-order valence-electron chi connectivity index (χ1n) is 11.9. The van der Waals surface area contributed by atoms with Crippen LogP contribution in [0.4, 0.5) is 5.69 Å². The van der Waals surface area contributed by atoms with Crippen molar-refractivity contribution in [2.75, 3.05) is 30.3 Å². The number of carbonyl (C=O) groups excluding carboxylic acids is 1. The van der Waals surface area contributed by atoms with Crippen molar-refractivity contribution >= 4 is 39.4 Å². The van der Waals surface area contributed by atoms with E-state index in [1.54, 1.807) is 54.6 Å². The van der Waals surface area contributed by atoms with Gasteiger partial charge in [-0.15, -0.1) is 0 Å². The zero-order valence-corrected chi connectivity index (χ0v) is 23.0. The van der Waals surface area contributed by atoms with Gasteiger partial charge in [0.15, 0.2) is 11.5 Å². The van der Waals surface area contributed by atoms with Gasteiger partial charge >= 0.3 is 0 Å². The molecule has 0 fully saturated rings. The monoisotopic (exact) mass is 559 g/mol. The number of sulfonamides is 1. The van der Waals surface area contributed by atoms with Crippen molar-refractivity contribution in [1.82, 2.24) is 5.43 Å². The molecular formula is C27H30ClN3O6S. The summed E-state index contributed by atoms with van der Waals surface area (Å²) in [7, 11) is -3.72. The van der Waals surface area contributed by atoms with E-state index < -0.39 is 22.5 Å². The van der Waals surface area contributed by atoms with E-state index in [2.05, 4.69) is 10.5 Å². The summed E-state index contributed by atoms with van der Waals surface area (Å²) >= 11 is 5.93. The van der Waals surface area contributed by atoms with E-state index in [0.717, 1.165) is 16.1 Å². The van der Waals surface area contributed by atoms with Gasteiger partial charge in [0.05, 0.1) is 31.4 Å². The quantitative estimate of drug-likeness (QED) is 0.242. The maximum atomic E-state index is 12.5. The smallest absolute Gasteiger partial charge is 0.260 e. The van der Waals surface area contributed by atoms with Gasteiger partial charge in [0.1, 0.15) is 18.9 Å². The minimum Gasteiger partial charge on any atom is -0.494 e. The van der Waals surface area contributed by atoms with Gasteiger partial charge in [-0.05, 0) is 79.6 Å². The summed E-state index contributed by atoms with van der Waals surface area (Å²) in [5.41, 5.74) is 4.32. The second kappa shape index (κ2) is 13.7. The number of ether oxygens (including phenoxy) is 3. The third-order valence-electron chi connectivity index (χ3n) is 5.10. The number of benzene rings is 3. The second-order valence-electron chi connectivity index (χ2n) is 8.04. The molecule has 0 aliphatic heterocycles. The molecular weight excluding hydrogens is 530 g/mol. The molecule has 202 valence electrons. The highest BCUT2D eigenvalue weighted by molar-refractivity contribution is 7.92. The molecule has 0 atom stereocenters. The average molecular weight is 560 g/mol. The summed E-state index contributed by atoms with van der Waals surface area (Å²) in [6.45, 7) is 4.53. The maximum absolute atomic E-state index is 12.5. The molecule has 11 heteroatoms. The van der Waals surface area contributed by atoms with Gasteiger partial charge in [0.25, 0.3) is 5.91 Å². The Hall–Kier alpha value is -3.76. The first-order valence-corrected chi connectivity index (χ1v) is 14.1. The van der Waals surface area contributed by atoms with Crippen molar-refractivity contribution in [3.63, 3.8) is 0 Å². The van der Waals surface area contributed by atoms with Crippen molar-refractivity contribution < 1.29 is 27.4 Å². The van der Waals surface area contributed by atoms with E-state index in [9.17, 15) is 13.2 Å². The first kappa shape index (κ1) is 28.8. The Kier molecular flexibility index (Phi) is 10.4. The molecule has 9 nitrogen and oxygen atoms in total. The third kappa shape index (κ3) is 8.67. The van der Waals surface area contributed by atoms with Crippen LogP contribution in [0.25, 0.3) is 0 Å². The second-order valence-corrected chi connectivity index (χ2v) is 10.4. The largest absolute Gasteiger partial charge is 0.494 e. The number of hydrogen-bond donors (Lipinski definition) is 1. The maximum Gasteiger partial charge on any atom is 0.260 e. The predicted molar refractivity (Wildman–Crippen MR) is 149 cm³/mol. The van der Waals surface area contributed by atoms with Crippen LogP contribution in [0.3, 0.4) is 0 Å². The zero-order valence-electron chi connectivity index (χ0n) is 21.4. The van der Waals surface area contributed by atoms with Crippen LogP contribution < -0.4 is 23.9 Å². The number of nitrogens with zero attached hydrogens (tertiary/aromatic N) is 2. The molecule has 0 radical (unpaired) electrons. The van der Waals surface area contributed by atoms with Gasteiger partial charge in [0, 0.05) is 5.02 Å². The Morgan fingerprint density at radius 1 is 0.947 bits per heavy atom. The molecule has 0 saturated heterocycles. The number of rotatable bonds is 13. The third-order valence-corrected chi connectivity index (χ3v) is 6.49. The molecule has 0 spiro atoms. The van der Waals surface area contributed by atoms with Crippen LogP contribution in [0.5, 0.6) is 17.2 Å². The molecule has 0 aliphatic rings. The van der Waals surface area contributed by atoms with Crippen LogP contribution in [0.2, 0.25) is 5.02 Å². The minimum absolute atomic E-state index is 0.339. The molecule has 3 rings (SSSR count). The van der Waals surface area contributed by atoms with Crippen molar-refractivity contribution in [3.8, 4) is 17.2 Å². The number of hydrogen-bond acceptors (Lipinski definition) is 7. The number of halogens is 1. The van der Waals surface area contributed by atoms with Gasteiger partial charge in [-0.3, -0.25) is 9.10 Å². The van der Waals surface area contributed by atoms with E-state index in [0.29, 0.717) is 53.3 Å². The van der Waals surface area contributed by atoms with Crippen LogP contribution in [0.1, 0.15) is 25.0 Å². The Balaban J connectivity index is 1.63. The van der Waals surface area contributed by atoms with Crippen molar-refractivity contribution in [3.05, 3.63) is 82.9 Å². The van der Waals surface area contributed by atoms with E-state index >= 15 is 0 Å². The lowest BCUT2D eigenvalue weighted by Gasteiger charge is -2.21. The van der Waals surface area contributed by atoms with Crippen molar-refractivity contribution in [2.45, 2.75) is 20.5 Å². The predicted octanol–water partition coefficient (Wildman–Crippen LogP) is 4.63. The zero-order chi connectivity index (χ0) is 27.5. The molecule has 0 heterocycles. The van der Waals surface area contributed by atoms with E-state index in [1.807, 2.05) is 26.0 Å². The fourth-order valence-corrected chi connectivity index (χ4v) is 4.34. The van der Waals surface area contributed by atoms with E-state index in [-0.39, 0.29) is 0 Å². The lowest BCUT2D eigenvalue weighted by molar-refractivity contribution is -0.119. The molecule has 0 bridgehead atoms. The van der Waals surface area contributed by atoms with Crippen molar-refractivity contribution in [1.29, 1.82) is 0 Å². The number of hydrazone groups is 1. The van der Waals surface area contributed by atoms with Gasteiger partial charge in [-0.1, -0.05) is 23.7 Å². The van der Waals surface area contributed by atoms with Crippen LogP contribution in [0, 0.1) is 0 Å². The van der Waals surface area contributed by atoms with Crippen molar-refractivity contribution in [2.24, 2.45) is 5.10 Å². The standard InChI is InChI=1S/C27H30ClN3O6S/c1-4-35-24-13-11-23(12-14-24)31(38(3,33)34)18-27(32)30-29-17-21-8-15-25(26(16-21)36-5-2)37-19-20-6-9-22(28)10-7-20/h6-17H,4-5,18-19H2,1-3H3,(H,30,32). The molecule has 3 aromatic rings. The highest BCUT2D eigenvalue weighted by Gasteiger charge is 2.20. The van der Waals surface area contributed by atoms with Gasteiger partial charge in [-0.25, -0.2) is 13.8 Å². The average Bonchev–Trinajstić information content (AvgIpc) is 2.88. The molecule has 0 unspecified atom stereocenters. The van der Waals surface area contributed by atoms with Gasteiger partial charge in [-0.2, -0.15) is 5.10 Å². The molecule has 0 aliphatic carbocycles. The first-order chi connectivity index (χ1) is 18.2. The highest BCUT2D eigenvalue weighted by Crippen LogP contribution is 2.29. The molecule has 0 saturated carbocycles. The fourth-order valence-electron chi connectivity index (χ4n) is 3.35. The minimum atomic E-state index is -3.72. The van der Waals surface area contributed by atoms with Gasteiger partial charge in [0.2, 0.25) is 10.0 Å². The summed E-state index contributed by atoms with van der Waals surface area (Å²) in [5.74, 6) is 1.08. The van der Waals surface area contributed by atoms with Crippen LogP contribution in [-0.4, -0.2) is 46.6 Å². The molecule has 3 aromatic carbocycles. The lowest BCUT2D eigenvalue weighted by atomic mass is 10.2. The van der Waals surface area contributed by atoms with Crippen LogP contribution in [0.15, 0.2) is 71.8 Å². The molecule has 1 amide bonds.